The quantitative estimate of drug-likeness (QED) is 0.513. The van der Waals surface area contributed by atoms with Crippen LogP contribution in [0.25, 0.3) is 21.8 Å². The zero-order valence-corrected chi connectivity index (χ0v) is 15.1. The number of H-pyrrole nitrogens is 1. The van der Waals surface area contributed by atoms with Crippen LogP contribution < -0.4 is 10.5 Å². The predicted octanol–water partition coefficient (Wildman–Crippen LogP) is 3.89. The monoisotopic (exact) mass is 365 g/mol. The molecule has 26 heavy (non-hydrogen) atoms. The molecule has 6 heteroatoms. The Balaban J connectivity index is 1.73. The highest BCUT2D eigenvalue weighted by Crippen LogP contribution is 2.29. The van der Waals surface area contributed by atoms with Gasteiger partial charge in [-0.25, -0.2) is 13.6 Å². The van der Waals surface area contributed by atoms with Crippen molar-refractivity contribution in [3.8, 4) is 0 Å². The SMILES string of the molecule is Cc1ccc(S(N)(=O)=O)cc1NCc1cccc2[nH]c3ccccc3c12. The number of aromatic amines is 1. The number of hydrogen-bond acceptors (Lipinski definition) is 3. The number of nitrogens with two attached hydrogens (primary N) is 1. The van der Waals surface area contributed by atoms with E-state index in [4.69, 9.17) is 5.14 Å². The van der Waals surface area contributed by atoms with E-state index in [1.165, 1.54) is 16.8 Å². The second-order valence-corrected chi connectivity index (χ2v) is 7.95. The lowest BCUT2D eigenvalue weighted by atomic mass is 10.1. The number of rotatable bonds is 4. The summed E-state index contributed by atoms with van der Waals surface area (Å²) in [5.41, 5.74) is 5.04. The fraction of sp³-hybridized carbons (Fsp3) is 0.100. The van der Waals surface area contributed by atoms with E-state index in [1.807, 2.05) is 25.1 Å². The summed E-state index contributed by atoms with van der Waals surface area (Å²) >= 11 is 0. The summed E-state index contributed by atoms with van der Waals surface area (Å²) in [6.07, 6.45) is 0. The van der Waals surface area contributed by atoms with E-state index >= 15 is 0 Å². The van der Waals surface area contributed by atoms with Crippen LogP contribution in [-0.4, -0.2) is 13.4 Å². The van der Waals surface area contributed by atoms with Crippen molar-refractivity contribution in [1.82, 2.24) is 4.98 Å². The third-order valence-electron chi connectivity index (χ3n) is 4.62. The highest BCUT2D eigenvalue weighted by Gasteiger charge is 2.11. The Morgan fingerprint density at radius 1 is 1.00 bits per heavy atom. The minimum atomic E-state index is -3.72. The van der Waals surface area contributed by atoms with E-state index < -0.39 is 10.0 Å². The normalized spacial score (nSPS) is 11.9. The van der Waals surface area contributed by atoms with Gasteiger partial charge in [0, 0.05) is 34.0 Å². The van der Waals surface area contributed by atoms with Gasteiger partial charge < -0.3 is 10.3 Å². The van der Waals surface area contributed by atoms with Crippen molar-refractivity contribution < 1.29 is 8.42 Å². The molecule has 4 aromatic rings. The minimum Gasteiger partial charge on any atom is -0.381 e. The van der Waals surface area contributed by atoms with Gasteiger partial charge >= 0.3 is 0 Å². The van der Waals surface area contributed by atoms with Crippen molar-refractivity contribution in [2.24, 2.45) is 5.14 Å². The molecule has 0 aliphatic rings. The molecule has 0 radical (unpaired) electrons. The standard InChI is InChI=1S/C20H19N3O2S/c1-13-9-10-15(26(21,24)25)11-19(13)22-12-14-5-4-8-18-20(14)16-6-2-3-7-17(16)23-18/h2-11,22-23H,12H2,1H3,(H2,21,24,25). The van der Waals surface area contributed by atoms with Crippen molar-refractivity contribution >= 4 is 37.5 Å². The zero-order chi connectivity index (χ0) is 18.3. The maximum Gasteiger partial charge on any atom is 0.238 e. The first-order valence-corrected chi connectivity index (χ1v) is 9.84. The average Bonchev–Trinajstić information content (AvgIpc) is 2.99. The molecule has 0 atom stereocenters. The maximum atomic E-state index is 11.6. The number of hydrogen-bond donors (Lipinski definition) is 3. The second-order valence-electron chi connectivity index (χ2n) is 6.39. The smallest absolute Gasteiger partial charge is 0.238 e. The third-order valence-corrected chi connectivity index (χ3v) is 5.53. The number of anilines is 1. The number of nitrogens with one attached hydrogen (secondary N) is 2. The summed E-state index contributed by atoms with van der Waals surface area (Å²) in [6.45, 7) is 2.51. The largest absolute Gasteiger partial charge is 0.381 e. The summed E-state index contributed by atoms with van der Waals surface area (Å²) < 4.78 is 23.2. The van der Waals surface area contributed by atoms with E-state index in [0.717, 1.165) is 27.8 Å². The molecule has 0 aliphatic heterocycles. The topological polar surface area (TPSA) is 88.0 Å². The zero-order valence-electron chi connectivity index (χ0n) is 14.3. The van der Waals surface area contributed by atoms with E-state index in [2.05, 4.69) is 34.6 Å². The number of primary sulfonamides is 1. The summed E-state index contributed by atoms with van der Waals surface area (Å²) in [5.74, 6) is 0. The Kier molecular flexibility index (Phi) is 3.94. The fourth-order valence-corrected chi connectivity index (χ4v) is 3.82. The van der Waals surface area contributed by atoms with Gasteiger partial charge in [0.05, 0.1) is 4.90 Å². The Hall–Kier alpha value is -2.83. The van der Waals surface area contributed by atoms with Gasteiger partial charge in [-0.1, -0.05) is 36.4 Å². The molecule has 0 saturated heterocycles. The molecule has 0 saturated carbocycles. The molecule has 1 aromatic heterocycles. The summed E-state index contributed by atoms with van der Waals surface area (Å²) in [6, 6.07) is 19.2. The van der Waals surface area contributed by atoms with E-state index in [-0.39, 0.29) is 4.90 Å². The van der Waals surface area contributed by atoms with Crippen LogP contribution in [0.5, 0.6) is 0 Å². The minimum absolute atomic E-state index is 0.107. The Morgan fingerprint density at radius 2 is 1.77 bits per heavy atom. The summed E-state index contributed by atoms with van der Waals surface area (Å²) in [5, 5.41) is 11.0. The molecule has 0 amide bonds. The van der Waals surface area contributed by atoms with Gasteiger partial charge in [-0.05, 0) is 42.3 Å². The molecule has 5 nitrogen and oxygen atoms in total. The van der Waals surface area contributed by atoms with Gasteiger partial charge in [-0.3, -0.25) is 0 Å². The third kappa shape index (κ3) is 2.94. The van der Waals surface area contributed by atoms with E-state index in [9.17, 15) is 8.42 Å². The Labute approximate surface area is 151 Å². The van der Waals surface area contributed by atoms with E-state index in [0.29, 0.717) is 6.54 Å². The fourth-order valence-electron chi connectivity index (χ4n) is 3.28. The molecule has 4 rings (SSSR count). The Morgan fingerprint density at radius 3 is 2.58 bits per heavy atom. The van der Waals surface area contributed by atoms with Crippen LogP contribution in [0.3, 0.4) is 0 Å². The summed E-state index contributed by atoms with van der Waals surface area (Å²) in [7, 11) is -3.72. The molecule has 132 valence electrons. The number of benzene rings is 3. The molecule has 0 fully saturated rings. The van der Waals surface area contributed by atoms with Crippen LogP contribution in [0.4, 0.5) is 5.69 Å². The van der Waals surface area contributed by atoms with Crippen molar-refractivity contribution in [1.29, 1.82) is 0 Å². The van der Waals surface area contributed by atoms with Gasteiger partial charge in [-0.15, -0.1) is 0 Å². The van der Waals surface area contributed by atoms with Gasteiger partial charge in [-0.2, -0.15) is 0 Å². The molecule has 0 bridgehead atoms. The molecule has 1 heterocycles. The van der Waals surface area contributed by atoms with Crippen LogP contribution in [0.2, 0.25) is 0 Å². The highest BCUT2D eigenvalue weighted by atomic mass is 32.2. The highest BCUT2D eigenvalue weighted by molar-refractivity contribution is 7.89. The number of fused-ring (bicyclic) bond motifs is 3. The molecule has 4 N–H and O–H groups in total. The van der Waals surface area contributed by atoms with Crippen LogP contribution in [0.15, 0.2) is 65.6 Å². The number of aryl methyl sites for hydroxylation is 1. The van der Waals surface area contributed by atoms with Crippen LogP contribution in [0.1, 0.15) is 11.1 Å². The molecule has 3 aromatic carbocycles. The average molecular weight is 365 g/mol. The second kappa shape index (κ2) is 6.16. The lowest BCUT2D eigenvalue weighted by molar-refractivity contribution is 0.598. The van der Waals surface area contributed by atoms with Crippen molar-refractivity contribution in [2.75, 3.05) is 5.32 Å². The molecule has 0 unspecified atom stereocenters. The van der Waals surface area contributed by atoms with Crippen LogP contribution in [0, 0.1) is 6.92 Å². The number of aromatic nitrogens is 1. The first-order valence-electron chi connectivity index (χ1n) is 8.29. The van der Waals surface area contributed by atoms with E-state index in [1.54, 1.807) is 12.1 Å². The predicted molar refractivity (Wildman–Crippen MR) is 106 cm³/mol. The summed E-state index contributed by atoms with van der Waals surface area (Å²) in [4.78, 5) is 3.54. The lowest BCUT2D eigenvalue weighted by Crippen LogP contribution is -2.13. The van der Waals surface area contributed by atoms with Crippen molar-refractivity contribution in [3.05, 3.63) is 71.8 Å². The maximum absolute atomic E-state index is 11.6. The lowest BCUT2D eigenvalue weighted by Gasteiger charge is -2.12. The van der Waals surface area contributed by atoms with Gasteiger partial charge in [0.25, 0.3) is 0 Å². The van der Waals surface area contributed by atoms with Crippen molar-refractivity contribution in [3.63, 3.8) is 0 Å². The molecule has 0 spiro atoms. The number of para-hydroxylation sites is 1. The number of sulfonamides is 1. The van der Waals surface area contributed by atoms with Crippen LogP contribution >= 0.6 is 0 Å². The Bertz CT molecular complexity index is 1230. The van der Waals surface area contributed by atoms with Crippen LogP contribution in [-0.2, 0) is 16.6 Å². The van der Waals surface area contributed by atoms with Crippen molar-refractivity contribution in [2.45, 2.75) is 18.4 Å². The molecule has 0 aliphatic carbocycles. The van der Waals surface area contributed by atoms with Gasteiger partial charge in [0.2, 0.25) is 10.0 Å². The first-order chi connectivity index (χ1) is 12.4. The molecular formula is C20H19N3O2S. The molecular weight excluding hydrogens is 346 g/mol. The first kappa shape index (κ1) is 16.6. The van der Waals surface area contributed by atoms with Gasteiger partial charge in [0.15, 0.2) is 0 Å². The van der Waals surface area contributed by atoms with Gasteiger partial charge in [0.1, 0.15) is 0 Å².